The summed E-state index contributed by atoms with van der Waals surface area (Å²) in [6.07, 6.45) is -4.58. The monoisotopic (exact) mass is 462 g/mol. The first-order chi connectivity index (χ1) is 15.4. The molecule has 0 radical (unpaired) electrons. The highest BCUT2D eigenvalue weighted by Gasteiger charge is 2.34. The second-order valence-electron chi connectivity index (χ2n) is 7.63. The van der Waals surface area contributed by atoms with E-state index in [1.807, 2.05) is 19.1 Å². The molecule has 33 heavy (non-hydrogen) atoms. The highest BCUT2D eigenvalue weighted by Crippen LogP contribution is 2.31. The molecule has 3 aromatic rings. The van der Waals surface area contributed by atoms with Crippen molar-refractivity contribution in [3.63, 3.8) is 0 Å². The fraction of sp³-hybridized carbons (Fsp3) is 0.273. The van der Waals surface area contributed by atoms with E-state index < -0.39 is 28.6 Å². The van der Waals surface area contributed by atoms with Crippen LogP contribution in [-0.2, 0) is 17.5 Å². The zero-order chi connectivity index (χ0) is 24.3. The molecule has 0 bridgehead atoms. The van der Waals surface area contributed by atoms with Gasteiger partial charge in [0, 0.05) is 17.8 Å². The van der Waals surface area contributed by atoms with Gasteiger partial charge in [0.05, 0.1) is 29.1 Å². The van der Waals surface area contributed by atoms with Crippen molar-refractivity contribution in [2.45, 2.75) is 33.5 Å². The van der Waals surface area contributed by atoms with E-state index in [2.05, 4.69) is 10.4 Å². The maximum atomic E-state index is 12.9. The molecule has 0 aliphatic heterocycles. The number of amides is 1. The maximum Gasteiger partial charge on any atom is 0.435 e. The molecule has 1 aromatic heterocycles. The average Bonchev–Trinajstić information content (AvgIpc) is 3.10. The molecule has 0 aliphatic carbocycles. The summed E-state index contributed by atoms with van der Waals surface area (Å²) in [6.45, 7) is 4.78. The average molecular weight is 462 g/mol. The number of alkyl halides is 3. The van der Waals surface area contributed by atoms with Gasteiger partial charge in [0.15, 0.2) is 5.69 Å². The van der Waals surface area contributed by atoms with Gasteiger partial charge in [-0.25, -0.2) is 0 Å². The smallest absolute Gasteiger partial charge is 0.435 e. The zero-order valence-corrected chi connectivity index (χ0v) is 18.0. The van der Waals surface area contributed by atoms with Crippen molar-refractivity contribution < 1.29 is 27.6 Å². The van der Waals surface area contributed by atoms with Crippen molar-refractivity contribution in [1.29, 1.82) is 0 Å². The second kappa shape index (κ2) is 9.31. The Morgan fingerprint density at radius 1 is 1.15 bits per heavy atom. The van der Waals surface area contributed by atoms with Crippen LogP contribution in [0, 0.1) is 29.9 Å². The number of halogens is 3. The van der Waals surface area contributed by atoms with Crippen LogP contribution in [0.15, 0.2) is 48.5 Å². The molecule has 1 heterocycles. The Morgan fingerprint density at radius 3 is 2.39 bits per heavy atom. The number of rotatable bonds is 7. The van der Waals surface area contributed by atoms with Crippen molar-refractivity contribution in [3.8, 4) is 11.5 Å². The summed E-state index contributed by atoms with van der Waals surface area (Å²) in [5.41, 5.74) is 0.0602. The Kier molecular flexibility index (Phi) is 6.70. The van der Waals surface area contributed by atoms with Crippen molar-refractivity contribution in [1.82, 2.24) is 9.78 Å². The number of carbonyl (C=O) groups excluding carboxylic acids is 1. The lowest BCUT2D eigenvalue weighted by molar-refractivity contribution is -0.384. The summed E-state index contributed by atoms with van der Waals surface area (Å²) < 4.78 is 45.4. The summed E-state index contributed by atoms with van der Waals surface area (Å²) in [5, 5.41) is 17.4. The second-order valence-corrected chi connectivity index (χ2v) is 7.63. The lowest BCUT2D eigenvalue weighted by Crippen LogP contribution is -2.25. The van der Waals surface area contributed by atoms with Crippen molar-refractivity contribution >= 4 is 17.3 Å². The molecule has 0 spiro atoms. The van der Waals surface area contributed by atoms with Crippen LogP contribution in [0.2, 0.25) is 0 Å². The van der Waals surface area contributed by atoms with E-state index >= 15 is 0 Å². The number of non-ortho nitro benzene ring substituents is 1. The SMILES string of the molecule is Cc1ccc(Oc2cc(NC(=O)C(C)Cn3nc(C(F)(F)F)cc3C)cc([N+](=O)[O-])c2)cc1. The molecule has 1 atom stereocenters. The molecule has 3 rings (SSSR count). The standard InChI is InChI=1S/C22H21F3N4O4/c1-13-4-6-18(7-5-13)33-19-10-16(9-17(11-19)29(31)32)26-21(30)14(2)12-28-15(3)8-20(27-28)22(23,24)25/h4-11,14H,12H2,1-3H3,(H,26,30). The summed E-state index contributed by atoms with van der Waals surface area (Å²) in [4.78, 5) is 23.3. The van der Waals surface area contributed by atoms with Crippen LogP contribution < -0.4 is 10.1 Å². The number of benzene rings is 2. The largest absolute Gasteiger partial charge is 0.457 e. The predicted molar refractivity (Wildman–Crippen MR) is 114 cm³/mol. The molecule has 0 aliphatic rings. The quantitative estimate of drug-likeness (QED) is 0.370. The summed E-state index contributed by atoms with van der Waals surface area (Å²) >= 11 is 0. The Hall–Kier alpha value is -3.89. The van der Waals surface area contributed by atoms with Crippen LogP contribution in [0.1, 0.15) is 23.9 Å². The Labute approximate surface area is 187 Å². The number of nitrogens with zero attached hydrogens (tertiary/aromatic N) is 3. The molecule has 11 heteroatoms. The van der Waals surface area contributed by atoms with Gasteiger partial charge in [-0.3, -0.25) is 19.6 Å². The van der Waals surface area contributed by atoms with Gasteiger partial charge >= 0.3 is 6.18 Å². The fourth-order valence-corrected chi connectivity index (χ4v) is 3.00. The van der Waals surface area contributed by atoms with E-state index in [0.29, 0.717) is 5.75 Å². The summed E-state index contributed by atoms with van der Waals surface area (Å²) in [7, 11) is 0. The van der Waals surface area contributed by atoms with Gasteiger partial charge in [-0.1, -0.05) is 24.6 Å². The molecular formula is C22H21F3N4O4. The minimum Gasteiger partial charge on any atom is -0.457 e. The van der Waals surface area contributed by atoms with E-state index in [0.717, 1.165) is 16.3 Å². The van der Waals surface area contributed by atoms with Gasteiger partial charge in [-0.15, -0.1) is 0 Å². The van der Waals surface area contributed by atoms with Crippen LogP contribution in [0.3, 0.4) is 0 Å². The highest BCUT2D eigenvalue weighted by molar-refractivity contribution is 5.92. The Balaban J connectivity index is 1.76. The number of hydrogen-bond donors (Lipinski definition) is 1. The highest BCUT2D eigenvalue weighted by atomic mass is 19.4. The van der Waals surface area contributed by atoms with E-state index in [1.165, 1.54) is 32.0 Å². The van der Waals surface area contributed by atoms with Gasteiger partial charge in [-0.2, -0.15) is 18.3 Å². The topological polar surface area (TPSA) is 99.3 Å². The lowest BCUT2D eigenvalue weighted by Gasteiger charge is -2.14. The molecule has 8 nitrogen and oxygen atoms in total. The molecule has 0 fully saturated rings. The van der Waals surface area contributed by atoms with Gasteiger partial charge in [0.2, 0.25) is 5.91 Å². The number of nitro benzene ring substituents is 1. The first-order valence-electron chi connectivity index (χ1n) is 9.89. The Morgan fingerprint density at radius 2 is 1.82 bits per heavy atom. The normalized spacial score (nSPS) is 12.3. The van der Waals surface area contributed by atoms with Crippen LogP contribution in [0.4, 0.5) is 24.5 Å². The number of ether oxygens (including phenoxy) is 1. The lowest BCUT2D eigenvalue weighted by atomic mass is 10.1. The summed E-state index contributed by atoms with van der Waals surface area (Å²) in [6, 6.07) is 11.8. The molecular weight excluding hydrogens is 441 g/mol. The number of hydrogen-bond acceptors (Lipinski definition) is 5. The molecule has 1 N–H and O–H groups in total. The zero-order valence-electron chi connectivity index (χ0n) is 18.0. The van der Waals surface area contributed by atoms with Crippen molar-refractivity contribution in [3.05, 3.63) is 75.6 Å². The third-order valence-electron chi connectivity index (χ3n) is 4.79. The number of aryl methyl sites for hydroxylation is 2. The number of anilines is 1. The molecule has 2 aromatic carbocycles. The first-order valence-corrected chi connectivity index (χ1v) is 9.89. The van der Waals surface area contributed by atoms with E-state index in [-0.39, 0.29) is 29.4 Å². The van der Waals surface area contributed by atoms with Crippen LogP contribution >= 0.6 is 0 Å². The molecule has 1 amide bonds. The van der Waals surface area contributed by atoms with Crippen LogP contribution in [0.25, 0.3) is 0 Å². The van der Waals surface area contributed by atoms with Crippen LogP contribution in [0.5, 0.6) is 11.5 Å². The third-order valence-corrected chi connectivity index (χ3v) is 4.79. The molecule has 1 unspecified atom stereocenters. The maximum absolute atomic E-state index is 12.9. The molecule has 174 valence electrons. The van der Waals surface area contributed by atoms with Crippen molar-refractivity contribution in [2.75, 3.05) is 5.32 Å². The van der Waals surface area contributed by atoms with E-state index in [9.17, 15) is 28.1 Å². The minimum atomic E-state index is -4.58. The fourth-order valence-electron chi connectivity index (χ4n) is 3.00. The van der Waals surface area contributed by atoms with E-state index in [4.69, 9.17) is 4.74 Å². The third kappa shape index (κ3) is 6.09. The number of carbonyl (C=O) groups is 1. The minimum absolute atomic E-state index is 0.102. The van der Waals surface area contributed by atoms with Gasteiger partial charge < -0.3 is 10.1 Å². The first kappa shape index (κ1) is 23.8. The van der Waals surface area contributed by atoms with Crippen LogP contribution in [-0.4, -0.2) is 20.6 Å². The molecule has 0 saturated carbocycles. The van der Waals surface area contributed by atoms with E-state index in [1.54, 1.807) is 12.1 Å². The van der Waals surface area contributed by atoms with Gasteiger partial charge in [0.1, 0.15) is 11.5 Å². The van der Waals surface area contributed by atoms with Crippen molar-refractivity contribution in [2.24, 2.45) is 5.92 Å². The number of nitro groups is 1. The number of nitrogens with one attached hydrogen (secondary N) is 1. The molecule has 0 saturated heterocycles. The number of aromatic nitrogens is 2. The predicted octanol–water partition coefficient (Wildman–Crippen LogP) is 5.49. The van der Waals surface area contributed by atoms with Gasteiger partial charge in [0.25, 0.3) is 5.69 Å². The van der Waals surface area contributed by atoms with Gasteiger partial charge in [-0.05, 0) is 32.0 Å². The summed E-state index contributed by atoms with van der Waals surface area (Å²) in [5.74, 6) is -0.708. The Bertz CT molecular complexity index is 1170.